The van der Waals surface area contributed by atoms with Crippen LogP contribution in [0, 0.1) is 13.8 Å². The molecule has 5 nitrogen and oxygen atoms in total. The number of carbonyl (C=O) groups excluding carboxylic acids is 1. The summed E-state index contributed by atoms with van der Waals surface area (Å²) in [4.78, 5) is 23.2. The number of pyridine rings is 2. The number of aromatic nitrogens is 2. The van der Waals surface area contributed by atoms with Gasteiger partial charge in [0, 0.05) is 42.6 Å². The molecule has 0 spiro atoms. The lowest BCUT2D eigenvalue weighted by molar-refractivity contribution is -0.127. The molecule has 1 saturated heterocycles. The van der Waals surface area contributed by atoms with Crippen LogP contribution in [0.5, 0.6) is 5.75 Å². The topological polar surface area (TPSA) is 55.3 Å². The predicted octanol–water partition coefficient (Wildman–Crippen LogP) is 4.26. The normalized spacial score (nSPS) is 16.6. The van der Waals surface area contributed by atoms with Crippen molar-refractivity contribution >= 4 is 16.9 Å². The second-order valence-electron chi connectivity index (χ2n) is 7.59. The zero-order valence-corrected chi connectivity index (χ0v) is 16.8. The molecule has 1 aromatic carbocycles. The molecule has 1 aliphatic heterocycles. The third kappa shape index (κ3) is 3.33. The van der Waals surface area contributed by atoms with E-state index in [0.29, 0.717) is 0 Å². The fourth-order valence-electron chi connectivity index (χ4n) is 4.09. The Morgan fingerprint density at radius 1 is 1.14 bits per heavy atom. The summed E-state index contributed by atoms with van der Waals surface area (Å²) < 4.78 is 5.61. The maximum absolute atomic E-state index is 11.6. The molecule has 0 radical (unpaired) electrons. The van der Waals surface area contributed by atoms with Crippen LogP contribution in [-0.2, 0) is 4.79 Å². The zero-order chi connectivity index (χ0) is 19.8. The molecule has 3 aromatic rings. The van der Waals surface area contributed by atoms with Gasteiger partial charge in [-0.1, -0.05) is 6.07 Å². The first-order valence-electron chi connectivity index (χ1n) is 9.65. The monoisotopic (exact) mass is 375 g/mol. The Morgan fingerprint density at radius 3 is 2.64 bits per heavy atom. The summed E-state index contributed by atoms with van der Waals surface area (Å²) >= 11 is 0. The number of likely N-dealkylation sites (tertiary alicyclic amines) is 1. The molecular weight excluding hydrogens is 350 g/mol. The molecule has 2 aromatic heterocycles. The van der Waals surface area contributed by atoms with Crippen LogP contribution in [0.3, 0.4) is 0 Å². The van der Waals surface area contributed by atoms with Crippen LogP contribution in [0.4, 0.5) is 0 Å². The molecule has 5 heteroatoms. The SMILES string of the molecule is COc1cc(C)cc(C)c1-c1ccc2ccc(C3CCN(C(C)=O)C3)nc2n1. The Hall–Kier alpha value is -2.95. The van der Waals surface area contributed by atoms with E-state index in [9.17, 15) is 4.79 Å². The third-order valence-corrected chi connectivity index (χ3v) is 5.55. The highest BCUT2D eigenvalue weighted by Crippen LogP contribution is 2.34. The quantitative estimate of drug-likeness (QED) is 0.686. The van der Waals surface area contributed by atoms with Gasteiger partial charge in [0.25, 0.3) is 0 Å². The molecule has 3 heterocycles. The molecule has 28 heavy (non-hydrogen) atoms. The number of methoxy groups -OCH3 is 1. The third-order valence-electron chi connectivity index (χ3n) is 5.55. The number of rotatable bonds is 3. The van der Waals surface area contributed by atoms with E-state index in [0.717, 1.165) is 64.4 Å². The summed E-state index contributed by atoms with van der Waals surface area (Å²) in [7, 11) is 1.69. The molecule has 1 amide bonds. The van der Waals surface area contributed by atoms with Crippen molar-refractivity contribution in [2.24, 2.45) is 0 Å². The van der Waals surface area contributed by atoms with E-state index in [2.05, 4.69) is 38.1 Å². The van der Waals surface area contributed by atoms with Gasteiger partial charge in [-0.15, -0.1) is 0 Å². The summed E-state index contributed by atoms with van der Waals surface area (Å²) in [5.74, 6) is 1.23. The molecule has 0 N–H and O–H groups in total. The highest BCUT2D eigenvalue weighted by Gasteiger charge is 2.26. The highest BCUT2D eigenvalue weighted by atomic mass is 16.5. The number of carbonyl (C=O) groups is 1. The lowest BCUT2D eigenvalue weighted by Gasteiger charge is -2.15. The van der Waals surface area contributed by atoms with E-state index < -0.39 is 0 Å². The maximum Gasteiger partial charge on any atom is 0.219 e. The Balaban J connectivity index is 1.75. The first-order valence-corrected chi connectivity index (χ1v) is 9.65. The lowest BCUT2D eigenvalue weighted by atomic mass is 10.0. The molecule has 0 saturated carbocycles. The molecule has 1 fully saturated rings. The smallest absolute Gasteiger partial charge is 0.219 e. The number of hydrogen-bond acceptors (Lipinski definition) is 4. The number of aryl methyl sites for hydroxylation is 2. The van der Waals surface area contributed by atoms with Gasteiger partial charge in [0.15, 0.2) is 5.65 Å². The molecular formula is C23H25N3O2. The van der Waals surface area contributed by atoms with Gasteiger partial charge in [-0.25, -0.2) is 9.97 Å². The number of nitrogens with zero attached hydrogens (tertiary/aromatic N) is 3. The molecule has 0 bridgehead atoms. The Kier molecular flexibility index (Phi) is 4.75. The average molecular weight is 375 g/mol. The Morgan fingerprint density at radius 2 is 1.93 bits per heavy atom. The van der Waals surface area contributed by atoms with Crippen LogP contribution in [0.25, 0.3) is 22.3 Å². The summed E-state index contributed by atoms with van der Waals surface area (Å²) in [5, 5.41) is 1.01. The van der Waals surface area contributed by atoms with E-state index in [4.69, 9.17) is 14.7 Å². The molecule has 0 aliphatic carbocycles. The van der Waals surface area contributed by atoms with Crippen LogP contribution < -0.4 is 4.74 Å². The minimum Gasteiger partial charge on any atom is -0.496 e. The summed E-state index contributed by atoms with van der Waals surface area (Å²) in [6, 6.07) is 12.4. The number of benzene rings is 1. The van der Waals surface area contributed by atoms with Crippen LogP contribution in [-0.4, -0.2) is 41.0 Å². The van der Waals surface area contributed by atoms with E-state index in [1.54, 1.807) is 14.0 Å². The van der Waals surface area contributed by atoms with Crippen molar-refractivity contribution in [3.05, 3.63) is 53.2 Å². The molecule has 144 valence electrons. The summed E-state index contributed by atoms with van der Waals surface area (Å²) in [6.45, 7) is 7.30. The van der Waals surface area contributed by atoms with Crippen molar-refractivity contribution < 1.29 is 9.53 Å². The highest BCUT2D eigenvalue weighted by molar-refractivity contribution is 5.81. The average Bonchev–Trinajstić information content (AvgIpc) is 3.17. The Bertz CT molecular complexity index is 1060. The summed E-state index contributed by atoms with van der Waals surface area (Å²) in [5.41, 5.74) is 5.91. The maximum atomic E-state index is 11.6. The Labute approximate surface area is 165 Å². The number of fused-ring (bicyclic) bond motifs is 1. The number of amides is 1. The van der Waals surface area contributed by atoms with Crippen LogP contribution in [0.15, 0.2) is 36.4 Å². The van der Waals surface area contributed by atoms with Gasteiger partial charge >= 0.3 is 0 Å². The van der Waals surface area contributed by atoms with E-state index in [-0.39, 0.29) is 11.8 Å². The minimum atomic E-state index is 0.130. The van der Waals surface area contributed by atoms with Crippen LogP contribution in [0.1, 0.15) is 36.1 Å². The van der Waals surface area contributed by atoms with Gasteiger partial charge in [-0.3, -0.25) is 4.79 Å². The van der Waals surface area contributed by atoms with Gasteiger partial charge in [-0.05, 0) is 61.7 Å². The molecule has 1 unspecified atom stereocenters. The zero-order valence-electron chi connectivity index (χ0n) is 16.8. The van der Waals surface area contributed by atoms with Crippen molar-refractivity contribution in [1.82, 2.24) is 14.9 Å². The van der Waals surface area contributed by atoms with Crippen molar-refractivity contribution in [3.8, 4) is 17.0 Å². The van der Waals surface area contributed by atoms with Crippen molar-refractivity contribution in [2.75, 3.05) is 20.2 Å². The first kappa shape index (κ1) is 18.4. The second kappa shape index (κ2) is 7.23. The van der Waals surface area contributed by atoms with Crippen LogP contribution in [0.2, 0.25) is 0 Å². The van der Waals surface area contributed by atoms with Crippen LogP contribution >= 0.6 is 0 Å². The number of ether oxygens (including phenoxy) is 1. The largest absolute Gasteiger partial charge is 0.496 e. The second-order valence-corrected chi connectivity index (χ2v) is 7.59. The standard InChI is InChI=1S/C23H25N3O2/c1-14-11-15(2)22(21(12-14)28-4)20-8-6-17-5-7-19(24-23(17)25-20)18-9-10-26(13-18)16(3)27/h5-8,11-12,18H,9-10,13H2,1-4H3. The van der Waals surface area contributed by atoms with Gasteiger partial charge in [0.05, 0.1) is 12.8 Å². The van der Waals surface area contributed by atoms with Crippen molar-refractivity contribution in [2.45, 2.75) is 33.1 Å². The molecule has 4 rings (SSSR count). The van der Waals surface area contributed by atoms with Gasteiger partial charge in [0.1, 0.15) is 5.75 Å². The molecule has 1 aliphatic rings. The van der Waals surface area contributed by atoms with E-state index >= 15 is 0 Å². The minimum absolute atomic E-state index is 0.130. The molecule has 1 atom stereocenters. The lowest BCUT2D eigenvalue weighted by Crippen LogP contribution is -2.25. The predicted molar refractivity (Wildman–Crippen MR) is 111 cm³/mol. The van der Waals surface area contributed by atoms with Gasteiger partial charge in [0.2, 0.25) is 5.91 Å². The summed E-state index contributed by atoms with van der Waals surface area (Å²) in [6.07, 6.45) is 0.947. The number of hydrogen-bond donors (Lipinski definition) is 0. The van der Waals surface area contributed by atoms with Crippen molar-refractivity contribution in [1.29, 1.82) is 0 Å². The van der Waals surface area contributed by atoms with E-state index in [1.807, 2.05) is 17.0 Å². The van der Waals surface area contributed by atoms with Crippen molar-refractivity contribution in [3.63, 3.8) is 0 Å². The van der Waals surface area contributed by atoms with Gasteiger partial charge in [-0.2, -0.15) is 0 Å². The first-order chi connectivity index (χ1) is 13.5. The van der Waals surface area contributed by atoms with Gasteiger partial charge < -0.3 is 9.64 Å². The van der Waals surface area contributed by atoms with E-state index in [1.165, 1.54) is 0 Å². The fraction of sp³-hybridized carbons (Fsp3) is 0.348. The fourth-order valence-corrected chi connectivity index (χ4v) is 4.09.